The van der Waals surface area contributed by atoms with Crippen molar-refractivity contribution in [1.29, 1.82) is 0 Å². The monoisotopic (exact) mass is 482 g/mol. The first-order valence-electron chi connectivity index (χ1n) is 11.1. The molecule has 5 nitrogen and oxygen atoms in total. The van der Waals surface area contributed by atoms with Crippen molar-refractivity contribution in [3.05, 3.63) is 86.6 Å². The maximum absolute atomic E-state index is 13.6. The highest BCUT2D eigenvalue weighted by molar-refractivity contribution is 7.10. The first kappa shape index (κ1) is 23.3. The van der Waals surface area contributed by atoms with Crippen molar-refractivity contribution in [3.8, 4) is 5.75 Å². The molecular weight excluding hydrogens is 456 g/mol. The minimum Gasteiger partial charge on any atom is -0.497 e. The summed E-state index contributed by atoms with van der Waals surface area (Å²) in [5.74, 6) is 0.539. The molecule has 0 bridgehead atoms. The Morgan fingerprint density at radius 3 is 2.67 bits per heavy atom. The average molecular weight is 483 g/mol. The number of ether oxygens (including phenoxy) is 1. The lowest BCUT2D eigenvalue weighted by Gasteiger charge is -2.37. The van der Waals surface area contributed by atoms with E-state index in [1.165, 1.54) is 4.88 Å². The highest BCUT2D eigenvalue weighted by Gasteiger charge is 2.34. The number of carbonyl (C=O) groups excluding carboxylic acids is 2. The molecule has 0 spiro atoms. The summed E-state index contributed by atoms with van der Waals surface area (Å²) in [4.78, 5) is 31.6. The van der Waals surface area contributed by atoms with Gasteiger partial charge in [0, 0.05) is 28.6 Å². The fraction of sp³-hybridized carbons (Fsp3) is 0.308. The molecule has 4 rings (SSSR count). The zero-order valence-corrected chi connectivity index (χ0v) is 20.4. The van der Waals surface area contributed by atoms with E-state index < -0.39 is 0 Å². The Bertz CT molecular complexity index is 1130. The number of amides is 2. The second kappa shape index (κ2) is 10.4. The molecule has 0 saturated carbocycles. The summed E-state index contributed by atoms with van der Waals surface area (Å²) in [6.07, 6.45) is 1.58. The van der Waals surface area contributed by atoms with Crippen LogP contribution in [0.1, 0.15) is 45.7 Å². The summed E-state index contributed by atoms with van der Waals surface area (Å²) in [5.41, 5.74) is 2.69. The van der Waals surface area contributed by atoms with Crippen molar-refractivity contribution in [2.45, 2.75) is 25.8 Å². The first-order chi connectivity index (χ1) is 16.0. The molecule has 7 heteroatoms. The van der Waals surface area contributed by atoms with Gasteiger partial charge in [-0.3, -0.25) is 9.59 Å². The Kier molecular flexibility index (Phi) is 7.36. The molecule has 1 atom stereocenters. The number of thiophene rings is 1. The Balaban J connectivity index is 1.61. The van der Waals surface area contributed by atoms with Crippen LogP contribution in [-0.4, -0.2) is 48.4 Å². The van der Waals surface area contributed by atoms with Crippen LogP contribution in [0.3, 0.4) is 0 Å². The van der Waals surface area contributed by atoms with Crippen LogP contribution in [0.5, 0.6) is 5.75 Å². The van der Waals surface area contributed by atoms with E-state index >= 15 is 0 Å². The second-order valence-corrected chi connectivity index (χ2v) is 9.49. The van der Waals surface area contributed by atoms with Gasteiger partial charge in [0.2, 0.25) is 5.91 Å². The molecule has 1 aromatic heterocycles. The van der Waals surface area contributed by atoms with E-state index in [1.54, 1.807) is 47.6 Å². The summed E-state index contributed by atoms with van der Waals surface area (Å²) in [6, 6.07) is 16.7. The maximum atomic E-state index is 13.6. The van der Waals surface area contributed by atoms with Gasteiger partial charge < -0.3 is 14.5 Å². The molecular formula is C26H27ClN2O3S. The summed E-state index contributed by atoms with van der Waals surface area (Å²) in [5, 5.41) is 2.59. The van der Waals surface area contributed by atoms with Gasteiger partial charge in [0.25, 0.3) is 5.91 Å². The summed E-state index contributed by atoms with van der Waals surface area (Å²) < 4.78 is 5.31. The van der Waals surface area contributed by atoms with Gasteiger partial charge in [-0.05, 0) is 65.7 Å². The van der Waals surface area contributed by atoms with Crippen LogP contribution in [0.4, 0.5) is 0 Å². The molecule has 2 amide bonds. The number of rotatable bonds is 7. The van der Waals surface area contributed by atoms with Gasteiger partial charge in [0.1, 0.15) is 12.3 Å². The molecule has 0 fully saturated rings. The van der Waals surface area contributed by atoms with Gasteiger partial charge in [0.05, 0.1) is 13.2 Å². The molecule has 1 aliphatic rings. The lowest BCUT2D eigenvalue weighted by atomic mass is 9.93. The van der Waals surface area contributed by atoms with Crippen molar-refractivity contribution >= 4 is 34.8 Å². The van der Waals surface area contributed by atoms with Crippen molar-refractivity contribution in [2.75, 3.05) is 26.7 Å². The average Bonchev–Trinajstić information content (AvgIpc) is 3.31. The van der Waals surface area contributed by atoms with Gasteiger partial charge in [0.15, 0.2) is 0 Å². The fourth-order valence-electron chi connectivity index (χ4n) is 4.31. The van der Waals surface area contributed by atoms with Gasteiger partial charge in [-0.25, -0.2) is 0 Å². The first-order valence-corrected chi connectivity index (χ1v) is 12.3. The van der Waals surface area contributed by atoms with E-state index in [-0.39, 0.29) is 24.4 Å². The third-order valence-electron chi connectivity index (χ3n) is 5.90. The quantitative estimate of drug-likeness (QED) is 0.450. The van der Waals surface area contributed by atoms with Crippen LogP contribution in [0.25, 0.3) is 0 Å². The SMILES string of the molecule is CCCN(CC(=O)N1CCc2sccc2C1c1ccc(OC)cc1)C(=O)c1cccc(Cl)c1. The predicted octanol–water partition coefficient (Wildman–Crippen LogP) is 5.44. The third kappa shape index (κ3) is 5.07. The lowest BCUT2D eigenvalue weighted by molar-refractivity contribution is -0.134. The number of nitrogens with zero attached hydrogens (tertiary/aromatic N) is 2. The predicted molar refractivity (Wildman–Crippen MR) is 132 cm³/mol. The molecule has 1 aliphatic heterocycles. The summed E-state index contributed by atoms with van der Waals surface area (Å²) in [7, 11) is 1.64. The van der Waals surface area contributed by atoms with Crippen molar-refractivity contribution in [1.82, 2.24) is 9.80 Å². The maximum Gasteiger partial charge on any atom is 0.254 e. The number of halogens is 1. The van der Waals surface area contributed by atoms with Crippen LogP contribution in [0, 0.1) is 0 Å². The topological polar surface area (TPSA) is 49.9 Å². The normalized spacial score (nSPS) is 15.1. The molecule has 33 heavy (non-hydrogen) atoms. The lowest BCUT2D eigenvalue weighted by Crippen LogP contribution is -2.47. The molecule has 0 N–H and O–H groups in total. The minimum atomic E-state index is -0.179. The van der Waals surface area contributed by atoms with E-state index in [1.807, 2.05) is 36.1 Å². The number of methoxy groups -OCH3 is 1. The Labute approximate surface area is 203 Å². The number of fused-ring (bicyclic) bond motifs is 1. The number of hydrogen-bond acceptors (Lipinski definition) is 4. The van der Waals surface area contributed by atoms with E-state index in [4.69, 9.17) is 16.3 Å². The van der Waals surface area contributed by atoms with Crippen molar-refractivity contribution in [2.24, 2.45) is 0 Å². The van der Waals surface area contributed by atoms with Crippen LogP contribution >= 0.6 is 22.9 Å². The largest absolute Gasteiger partial charge is 0.497 e. The van der Waals surface area contributed by atoms with Gasteiger partial charge in [-0.2, -0.15) is 0 Å². The van der Waals surface area contributed by atoms with Crippen molar-refractivity contribution < 1.29 is 14.3 Å². The molecule has 3 aromatic rings. The van der Waals surface area contributed by atoms with Crippen LogP contribution in [-0.2, 0) is 11.2 Å². The Morgan fingerprint density at radius 2 is 1.97 bits per heavy atom. The van der Waals surface area contributed by atoms with E-state index in [2.05, 4.69) is 11.4 Å². The third-order valence-corrected chi connectivity index (χ3v) is 7.13. The molecule has 1 unspecified atom stereocenters. The minimum absolute atomic E-state index is 0.0330. The Hall–Kier alpha value is -2.83. The smallest absolute Gasteiger partial charge is 0.254 e. The number of benzene rings is 2. The zero-order chi connectivity index (χ0) is 23.4. The zero-order valence-electron chi connectivity index (χ0n) is 18.8. The molecule has 2 heterocycles. The molecule has 2 aromatic carbocycles. The number of carbonyl (C=O) groups is 2. The summed E-state index contributed by atoms with van der Waals surface area (Å²) in [6.45, 7) is 3.16. The van der Waals surface area contributed by atoms with Crippen LogP contribution in [0.15, 0.2) is 60.0 Å². The molecule has 0 aliphatic carbocycles. The van der Waals surface area contributed by atoms with Gasteiger partial charge in [-0.1, -0.05) is 36.7 Å². The Morgan fingerprint density at radius 1 is 1.18 bits per heavy atom. The molecule has 0 saturated heterocycles. The highest BCUT2D eigenvalue weighted by Crippen LogP contribution is 2.38. The van der Waals surface area contributed by atoms with Gasteiger partial charge >= 0.3 is 0 Å². The van der Waals surface area contributed by atoms with E-state index in [0.29, 0.717) is 23.7 Å². The highest BCUT2D eigenvalue weighted by atomic mass is 35.5. The van der Waals surface area contributed by atoms with Crippen molar-refractivity contribution in [3.63, 3.8) is 0 Å². The van der Waals surface area contributed by atoms with Crippen LogP contribution < -0.4 is 4.74 Å². The standard InChI is InChI=1S/C26H27ClN2O3S/c1-3-13-28(26(31)19-5-4-6-20(27)16-19)17-24(30)29-14-11-23-22(12-15-33-23)25(29)18-7-9-21(32-2)10-8-18/h4-10,12,15-16,25H,3,11,13-14,17H2,1-2H3. The number of hydrogen-bond donors (Lipinski definition) is 0. The molecule has 0 radical (unpaired) electrons. The second-order valence-electron chi connectivity index (χ2n) is 8.05. The van der Waals surface area contributed by atoms with Crippen LogP contribution in [0.2, 0.25) is 5.02 Å². The fourth-order valence-corrected chi connectivity index (χ4v) is 5.41. The van der Waals surface area contributed by atoms with Gasteiger partial charge in [-0.15, -0.1) is 11.3 Å². The van der Waals surface area contributed by atoms with E-state index in [9.17, 15) is 9.59 Å². The van der Waals surface area contributed by atoms with E-state index in [0.717, 1.165) is 29.7 Å². The summed E-state index contributed by atoms with van der Waals surface area (Å²) >= 11 is 7.82. The molecule has 172 valence electrons.